The van der Waals surface area contributed by atoms with Crippen molar-refractivity contribution in [3.63, 3.8) is 0 Å². The highest BCUT2D eigenvalue weighted by molar-refractivity contribution is 6.11. The molecule has 6 rings (SSSR count). The summed E-state index contributed by atoms with van der Waals surface area (Å²) in [5.74, 6) is -8.46. The zero-order chi connectivity index (χ0) is 34.0. The van der Waals surface area contributed by atoms with E-state index in [0.717, 1.165) is 12.2 Å². The van der Waals surface area contributed by atoms with E-state index in [2.05, 4.69) is 0 Å². The van der Waals surface area contributed by atoms with Crippen molar-refractivity contribution in [3.8, 4) is 34.5 Å². The van der Waals surface area contributed by atoms with E-state index in [4.69, 9.17) is 0 Å². The van der Waals surface area contributed by atoms with Crippen LogP contribution in [0.15, 0.2) is 72.8 Å². The summed E-state index contributed by atoms with van der Waals surface area (Å²) in [4.78, 5) is 56.4. The fourth-order valence-corrected chi connectivity index (χ4v) is 6.45. The lowest BCUT2D eigenvalue weighted by molar-refractivity contribution is -0.179. The average Bonchev–Trinajstić information content (AvgIpc) is 3.05. The van der Waals surface area contributed by atoms with Crippen LogP contribution in [0.3, 0.4) is 0 Å². The van der Waals surface area contributed by atoms with Crippen LogP contribution in [0.25, 0.3) is 18.2 Å². The number of ketones is 3. The van der Waals surface area contributed by atoms with Crippen molar-refractivity contribution in [2.24, 2.45) is 17.3 Å². The van der Waals surface area contributed by atoms with Crippen LogP contribution in [0.4, 0.5) is 0 Å². The molecule has 242 valence electrons. The average molecular weight is 642 g/mol. The Kier molecular flexibility index (Phi) is 8.89. The third-order valence-electron chi connectivity index (χ3n) is 8.78. The van der Waals surface area contributed by atoms with Gasteiger partial charge in [0.2, 0.25) is 0 Å². The third kappa shape index (κ3) is 6.31. The number of carboxylic acids is 1. The standard InChI is InChI=1S/C35H31NO11/c37-23(7-1-19-2-8-24(38)28(42)15-19)22-18-36-14-13-35(22,31(45)12-6-21-4-10-26(40)30(44)17-21)32(33(36)34(46)47)27(41)11-5-20-3-9-25(39)29(43)16-20/h1-12,15-17,22,32-33,38-40,42-44H,13-14,18H2,(H,46,47)/b7-1+,11-5+,12-6+. The molecular formula is C35H31NO11. The highest BCUT2D eigenvalue weighted by atomic mass is 16.4. The molecule has 0 saturated carbocycles. The molecule has 0 spiro atoms. The minimum atomic E-state index is -1.82. The van der Waals surface area contributed by atoms with Gasteiger partial charge in [0, 0.05) is 19.0 Å². The first-order valence-electron chi connectivity index (χ1n) is 14.5. The number of carbonyl (C=O) groups excluding carboxylic acids is 3. The lowest BCUT2D eigenvalue weighted by Gasteiger charge is -2.58. The molecule has 0 radical (unpaired) electrons. The van der Waals surface area contributed by atoms with E-state index in [9.17, 15) is 54.9 Å². The first-order chi connectivity index (χ1) is 22.3. The molecule has 3 aromatic carbocycles. The Morgan fingerprint density at radius 2 is 1.09 bits per heavy atom. The smallest absolute Gasteiger partial charge is 0.321 e. The minimum absolute atomic E-state index is 0.0325. The third-order valence-corrected chi connectivity index (χ3v) is 8.78. The van der Waals surface area contributed by atoms with Gasteiger partial charge >= 0.3 is 5.97 Å². The van der Waals surface area contributed by atoms with Crippen LogP contribution >= 0.6 is 0 Å². The van der Waals surface area contributed by atoms with Crippen LogP contribution in [0, 0.1) is 17.3 Å². The number of phenols is 6. The summed E-state index contributed by atoms with van der Waals surface area (Å²) in [6, 6.07) is 10.1. The number of aliphatic carboxylic acids is 1. The molecule has 3 fully saturated rings. The van der Waals surface area contributed by atoms with Gasteiger partial charge in [-0.25, -0.2) is 0 Å². The Bertz CT molecular complexity index is 1860. The van der Waals surface area contributed by atoms with Crippen LogP contribution in [0.2, 0.25) is 0 Å². The van der Waals surface area contributed by atoms with E-state index in [1.54, 1.807) is 0 Å². The second-order valence-corrected chi connectivity index (χ2v) is 11.5. The summed E-state index contributed by atoms with van der Waals surface area (Å²) in [7, 11) is 0. The van der Waals surface area contributed by atoms with Crippen LogP contribution in [-0.4, -0.2) is 83.1 Å². The van der Waals surface area contributed by atoms with Crippen LogP contribution < -0.4 is 0 Å². The van der Waals surface area contributed by atoms with Gasteiger partial charge in [0.1, 0.15) is 6.04 Å². The highest BCUT2D eigenvalue weighted by Crippen LogP contribution is 2.53. The number of hydrogen-bond acceptors (Lipinski definition) is 11. The number of allylic oxidation sites excluding steroid dienone is 3. The zero-order valence-electron chi connectivity index (χ0n) is 24.7. The molecule has 47 heavy (non-hydrogen) atoms. The quantitative estimate of drug-likeness (QED) is 0.125. The van der Waals surface area contributed by atoms with Gasteiger partial charge in [-0.2, -0.15) is 0 Å². The number of nitrogens with zero attached hydrogens (tertiary/aromatic N) is 1. The molecule has 3 saturated heterocycles. The minimum Gasteiger partial charge on any atom is -0.504 e. The van der Waals surface area contributed by atoms with E-state index in [1.165, 1.54) is 83.8 Å². The first-order valence-corrected chi connectivity index (χ1v) is 14.5. The number of carboxylic acid groups (broad SMARTS) is 1. The molecule has 12 heteroatoms. The Morgan fingerprint density at radius 3 is 1.53 bits per heavy atom. The fraction of sp³-hybridized carbons (Fsp3) is 0.200. The Morgan fingerprint density at radius 1 is 0.638 bits per heavy atom. The summed E-state index contributed by atoms with van der Waals surface area (Å²) in [5.41, 5.74) is -0.831. The molecule has 2 bridgehead atoms. The predicted octanol–water partition coefficient (Wildman–Crippen LogP) is 3.46. The number of benzene rings is 3. The lowest BCUT2D eigenvalue weighted by Crippen LogP contribution is -2.71. The maximum absolute atomic E-state index is 14.3. The van der Waals surface area contributed by atoms with Crippen molar-refractivity contribution >= 4 is 41.5 Å². The number of carbonyl (C=O) groups is 4. The van der Waals surface area contributed by atoms with Crippen LogP contribution in [0.1, 0.15) is 23.1 Å². The topological polar surface area (TPSA) is 213 Å². The first kappa shape index (κ1) is 32.5. The van der Waals surface area contributed by atoms with Crippen LogP contribution in [0.5, 0.6) is 34.5 Å². The number of aromatic hydroxyl groups is 6. The van der Waals surface area contributed by atoms with E-state index >= 15 is 0 Å². The maximum atomic E-state index is 14.3. The Hall–Kier alpha value is -5.88. The maximum Gasteiger partial charge on any atom is 0.321 e. The number of rotatable bonds is 10. The van der Waals surface area contributed by atoms with Gasteiger partial charge in [-0.3, -0.25) is 24.1 Å². The second kappa shape index (κ2) is 12.9. The second-order valence-electron chi connectivity index (χ2n) is 11.5. The monoisotopic (exact) mass is 641 g/mol. The van der Waals surface area contributed by atoms with Crippen molar-refractivity contribution in [1.29, 1.82) is 0 Å². The van der Waals surface area contributed by atoms with Crippen molar-refractivity contribution < 1.29 is 54.9 Å². The summed E-state index contributed by atoms with van der Waals surface area (Å²) in [6.45, 7) is -0.0327. The highest BCUT2D eigenvalue weighted by Gasteiger charge is 2.65. The predicted molar refractivity (Wildman–Crippen MR) is 168 cm³/mol. The molecule has 0 amide bonds. The Labute approximate surface area is 268 Å². The van der Waals surface area contributed by atoms with Crippen molar-refractivity contribution in [1.82, 2.24) is 4.90 Å². The summed E-state index contributed by atoms with van der Waals surface area (Å²) in [5, 5.41) is 68.9. The largest absolute Gasteiger partial charge is 0.504 e. The van der Waals surface area contributed by atoms with Gasteiger partial charge in [0.05, 0.1) is 11.3 Å². The van der Waals surface area contributed by atoms with E-state index < -0.39 is 63.9 Å². The Balaban J connectivity index is 1.59. The molecule has 3 heterocycles. The number of piperidine rings is 3. The molecule has 12 nitrogen and oxygen atoms in total. The normalized spacial score (nSPS) is 23.8. The lowest BCUT2D eigenvalue weighted by atomic mass is 9.52. The molecule has 0 aromatic heterocycles. The number of fused-ring (bicyclic) bond motifs is 3. The van der Waals surface area contributed by atoms with Gasteiger partial charge in [-0.1, -0.05) is 36.4 Å². The zero-order valence-corrected chi connectivity index (χ0v) is 24.7. The SMILES string of the molecule is O=C(O)C1C(C(=O)/C=C/c2ccc(O)c(O)c2)C2(C(=O)/C=C/c3ccc(O)c(O)c3)CCN1CC2C(=O)/C=C/c1ccc(O)c(O)c1. The van der Waals surface area contributed by atoms with Gasteiger partial charge in [-0.15, -0.1) is 0 Å². The molecule has 0 aliphatic carbocycles. The molecule has 3 aromatic rings. The summed E-state index contributed by atoms with van der Waals surface area (Å²) in [6.07, 6.45) is 7.38. The van der Waals surface area contributed by atoms with Gasteiger partial charge in [0.15, 0.2) is 51.8 Å². The van der Waals surface area contributed by atoms with E-state index in [1.807, 2.05) is 0 Å². The van der Waals surface area contributed by atoms with Crippen molar-refractivity contribution in [2.75, 3.05) is 13.1 Å². The number of hydrogen-bond donors (Lipinski definition) is 7. The molecule has 7 N–H and O–H groups in total. The summed E-state index contributed by atoms with van der Waals surface area (Å²) < 4.78 is 0. The summed E-state index contributed by atoms with van der Waals surface area (Å²) >= 11 is 0. The van der Waals surface area contributed by atoms with Crippen molar-refractivity contribution in [3.05, 3.63) is 89.5 Å². The van der Waals surface area contributed by atoms with Gasteiger partial charge < -0.3 is 35.7 Å². The van der Waals surface area contributed by atoms with Gasteiger partial charge in [0.25, 0.3) is 0 Å². The van der Waals surface area contributed by atoms with Gasteiger partial charge in [-0.05, 0) is 77.7 Å². The molecular weight excluding hydrogens is 610 g/mol. The van der Waals surface area contributed by atoms with E-state index in [-0.39, 0.29) is 36.8 Å². The molecule has 3 aliphatic heterocycles. The van der Waals surface area contributed by atoms with Crippen LogP contribution in [-0.2, 0) is 19.2 Å². The molecule has 5 atom stereocenters. The van der Waals surface area contributed by atoms with E-state index in [0.29, 0.717) is 16.7 Å². The molecule has 5 unspecified atom stereocenters. The number of phenolic OH excluding ortho intramolecular Hbond substituents is 6. The molecule has 3 aliphatic rings. The van der Waals surface area contributed by atoms with Crippen molar-refractivity contribution in [2.45, 2.75) is 12.5 Å². The fourth-order valence-electron chi connectivity index (χ4n) is 6.45.